The molecule has 0 saturated heterocycles. The van der Waals surface area contributed by atoms with Crippen molar-refractivity contribution in [2.45, 2.75) is 17.9 Å². The summed E-state index contributed by atoms with van der Waals surface area (Å²) in [6.07, 6.45) is 0.980. The van der Waals surface area contributed by atoms with Gasteiger partial charge in [-0.3, -0.25) is 9.11 Å². The Hall–Kier alpha value is -1.85. The van der Waals surface area contributed by atoms with Gasteiger partial charge in [-0.2, -0.15) is 0 Å². The highest BCUT2D eigenvalue weighted by Crippen LogP contribution is 2.33. The lowest BCUT2D eigenvalue weighted by molar-refractivity contribution is 0.267. The van der Waals surface area contributed by atoms with Gasteiger partial charge in [0.1, 0.15) is 0 Å². The molecule has 4 nitrogen and oxygen atoms in total. The summed E-state index contributed by atoms with van der Waals surface area (Å²) < 4.78 is 23.1. The average molecular weight is 345 g/mol. The molecule has 24 heavy (non-hydrogen) atoms. The number of methoxy groups -OCH3 is 2. The molecule has 2 aromatic carbocycles. The molecule has 1 atom stereocenters. The molecule has 3 rings (SSSR count). The zero-order chi connectivity index (χ0) is 16.9. The number of nitrogens with zero attached hydrogens (tertiary/aromatic N) is 1. The van der Waals surface area contributed by atoms with Gasteiger partial charge in [0, 0.05) is 30.3 Å². The van der Waals surface area contributed by atoms with E-state index in [0.29, 0.717) is 5.75 Å². The van der Waals surface area contributed by atoms with E-state index in [1.165, 1.54) is 11.1 Å². The first-order chi connectivity index (χ1) is 11.7. The standard InChI is InChI=1S/C19H23NO3S/c1-22-18-12-15-8-9-20(14-16(15)13-19(18)23-2)10-11-24(21)17-6-4-3-5-7-17/h3-7,12-13H,8-11,14H2,1-2H3. The van der Waals surface area contributed by atoms with Crippen molar-refractivity contribution in [1.82, 2.24) is 4.90 Å². The van der Waals surface area contributed by atoms with Crippen LogP contribution in [0.3, 0.4) is 0 Å². The smallest absolute Gasteiger partial charge is 0.161 e. The highest BCUT2D eigenvalue weighted by Gasteiger charge is 2.19. The van der Waals surface area contributed by atoms with Gasteiger partial charge in [0.05, 0.1) is 25.0 Å². The SMILES string of the molecule is COc1cc2c(cc1OC)CN(CCS(=O)c1ccccc1)CC2. The average Bonchev–Trinajstić information content (AvgIpc) is 2.65. The van der Waals surface area contributed by atoms with E-state index in [0.717, 1.165) is 42.4 Å². The van der Waals surface area contributed by atoms with E-state index in [2.05, 4.69) is 17.0 Å². The van der Waals surface area contributed by atoms with Crippen molar-refractivity contribution < 1.29 is 13.7 Å². The molecular weight excluding hydrogens is 322 g/mol. The normalized spacial score (nSPS) is 15.6. The van der Waals surface area contributed by atoms with Crippen molar-refractivity contribution >= 4 is 10.8 Å². The predicted molar refractivity (Wildman–Crippen MR) is 96.2 cm³/mol. The summed E-state index contributed by atoms with van der Waals surface area (Å²) in [4.78, 5) is 3.26. The Morgan fingerprint density at radius 3 is 2.38 bits per heavy atom. The molecular formula is C19H23NO3S. The van der Waals surface area contributed by atoms with Crippen LogP contribution < -0.4 is 9.47 Å². The van der Waals surface area contributed by atoms with E-state index in [1.807, 2.05) is 30.3 Å². The van der Waals surface area contributed by atoms with Crippen LogP contribution >= 0.6 is 0 Å². The Bertz CT molecular complexity index is 718. The number of fused-ring (bicyclic) bond motifs is 1. The molecule has 0 aromatic heterocycles. The van der Waals surface area contributed by atoms with Crippen LogP contribution in [0.25, 0.3) is 0 Å². The van der Waals surface area contributed by atoms with E-state index in [1.54, 1.807) is 14.2 Å². The number of ether oxygens (including phenoxy) is 2. The van der Waals surface area contributed by atoms with Crippen LogP contribution in [0.4, 0.5) is 0 Å². The van der Waals surface area contributed by atoms with Crippen molar-refractivity contribution in [1.29, 1.82) is 0 Å². The number of hydrogen-bond acceptors (Lipinski definition) is 4. The van der Waals surface area contributed by atoms with Crippen molar-refractivity contribution in [2.75, 3.05) is 33.1 Å². The molecule has 1 aliphatic rings. The maximum Gasteiger partial charge on any atom is 0.161 e. The van der Waals surface area contributed by atoms with E-state index in [-0.39, 0.29) is 0 Å². The van der Waals surface area contributed by atoms with E-state index >= 15 is 0 Å². The summed E-state index contributed by atoms with van der Waals surface area (Å²) in [5.74, 6) is 2.22. The minimum absolute atomic E-state index is 0.659. The van der Waals surface area contributed by atoms with Crippen LogP contribution in [0, 0.1) is 0 Å². The second-order valence-corrected chi connectivity index (χ2v) is 7.44. The van der Waals surface area contributed by atoms with Gasteiger partial charge in [0.2, 0.25) is 0 Å². The van der Waals surface area contributed by atoms with Crippen molar-refractivity contribution in [2.24, 2.45) is 0 Å². The Morgan fingerprint density at radius 2 is 1.71 bits per heavy atom. The van der Waals surface area contributed by atoms with Crippen molar-refractivity contribution in [3.05, 3.63) is 53.6 Å². The fraction of sp³-hybridized carbons (Fsp3) is 0.368. The molecule has 0 bridgehead atoms. The first-order valence-electron chi connectivity index (χ1n) is 8.11. The lowest BCUT2D eigenvalue weighted by atomic mass is 9.99. The first kappa shape index (κ1) is 17.0. The van der Waals surface area contributed by atoms with Gasteiger partial charge >= 0.3 is 0 Å². The van der Waals surface area contributed by atoms with Gasteiger partial charge < -0.3 is 9.47 Å². The van der Waals surface area contributed by atoms with Crippen LogP contribution in [-0.2, 0) is 23.8 Å². The summed E-state index contributed by atoms with van der Waals surface area (Å²) in [6, 6.07) is 13.8. The van der Waals surface area contributed by atoms with Gasteiger partial charge in [-0.25, -0.2) is 0 Å². The molecule has 0 spiro atoms. The molecule has 0 saturated carbocycles. The molecule has 128 valence electrons. The minimum Gasteiger partial charge on any atom is -0.493 e. The fourth-order valence-corrected chi connectivity index (χ4v) is 4.16. The third-order valence-electron chi connectivity index (χ3n) is 4.40. The topological polar surface area (TPSA) is 38.8 Å². The third-order valence-corrected chi connectivity index (χ3v) is 5.75. The second kappa shape index (κ2) is 7.81. The number of hydrogen-bond donors (Lipinski definition) is 0. The zero-order valence-corrected chi connectivity index (χ0v) is 15.0. The molecule has 0 amide bonds. The molecule has 0 aliphatic carbocycles. The summed E-state index contributed by atoms with van der Waals surface area (Å²) in [6.45, 7) is 2.67. The second-order valence-electron chi connectivity index (χ2n) is 5.86. The summed E-state index contributed by atoms with van der Waals surface area (Å²) in [5.41, 5.74) is 2.58. The van der Waals surface area contributed by atoms with Crippen LogP contribution in [0.2, 0.25) is 0 Å². The monoisotopic (exact) mass is 345 g/mol. The number of rotatable bonds is 6. The van der Waals surface area contributed by atoms with E-state index in [9.17, 15) is 4.21 Å². The molecule has 0 radical (unpaired) electrons. The predicted octanol–water partition coefficient (Wildman–Crippen LogP) is 2.87. The minimum atomic E-state index is -0.940. The Labute approximate surface area is 145 Å². The van der Waals surface area contributed by atoms with Crippen LogP contribution in [0.15, 0.2) is 47.4 Å². The van der Waals surface area contributed by atoms with Gasteiger partial charge in [-0.1, -0.05) is 18.2 Å². The number of benzene rings is 2. The highest BCUT2D eigenvalue weighted by atomic mass is 32.2. The maximum absolute atomic E-state index is 12.4. The summed E-state index contributed by atoms with van der Waals surface area (Å²) in [7, 11) is 2.39. The molecule has 5 heteroatoms. The molecule has 0 fully saturated rings. The van der Waals surface area contributed by atoms with Gasteiger partial charge in [0.15, 0.2) is 11.5 Å². The quantitative estimate of drug-likeness (QED) is 0.807. The van der Waals surface area contributed by atoms with E-state index in [4.69, 9.17) is 9.47 Å². The Kier molecular flexibility index (Phi) is 5.53. The van der Waals surface area contributed by atoms with Crippen LogP contribution in [-0.4, -0.2) is 42.2 Å². The lowest BCUT2D eigenvalue weighted by Crippen LogP contribution is -2.33. The van der Waals surface area contributed by atoms with Gasteiger partial charge in [-0.05, 0) is 41.8 Å². The Morgan fingerprint density at radius 1 is 1.04 bits per heavy atom. The summed E-state index contributed by atoms with van der Waals surface area (Å²) in [5, 5.41) is 0. The van der Waals surface area contributed by atoms with Crippen LogP contribution in [0.1, 0.15) is 11.1 Å². The Balaban J connectivity index is 1.64. The van der Waals surface area contributed by atoms with Crippen molar-refractivity contribution in [3.63, 3.8) is 0 Å². The summed E-state index contributed by atoms with van der Waals surface area (Å²) >= 11 is 0. The maximum atomic E-state index is 12.4. The first-order valence-corrected chi connectivity index (χ1v) is 9.42. The lowest BCUT2D eigenvalue weighted by Gasteiger charge is -2.29. The van der Waals surface area contributed by atoms with Crippen molar-refractivity contribution in [3.8, 4) is 11.5 Å². The molecule has 0 N–H and O–H groups in total. The van der Waals surface area contributed by atoms with Crippen LogP contribution in [0.5, 0.6) is 11.5 Å². The van der Waals surface area contributed by atoms with Gasteiger partial charge in [0.25, 0.3) is 0 Å². The highest BCUT2D eigenvalue weighted by molar-refractivity contribution is 7.85. The van der Waals surface area contributed by atoms with E-state index < -0.39 is 10.8 Å². The fourth-order valence-electron chi connectivity index (χ4n) is 3.03. The molecule has 2 aromatic rings. The largest absolute Gasteiger partial charge is 0.493 e. The molecule has 1 heterocycles. The van der Waals surface area contributed by atoms with Gasteiger partial charge in [-0.15, -0.1) is 0 Å². The molecule has 1 unspecified atom stereocenters. The molecule has 1 aliphatic heterocycles. The third kappa shape index (κ3) is 3.79. The zero-order valence-electron chi connectivity index (χ0n) is 14.2.